The molecular weight excluding hydrogens is 510 g/mol. The van der Waals surface area contributed by atoms with Gasteiger partial charge in [0.15, 0.2) is 0 Å². The van der Waals surface area contributed by atoms with E-state index in [1.54, 1.807) is 55.5 Å². The van der Waals surface area contributed by atoms with Gasteiger partial charge in [-0.15, -0.1) is 0 Å². The molecule has 0 atom stereocenters. The van der Waals surface area contributed by atoms with E-state index in [0.29, 0.717) is 31.9 Å². The summed E-state index contributed by atoms with van der Waals surface area (Å²) >= 11 is 9.37. The predicted molar refractivity (Wildman–Crippen MR) is 131 cm³/mol. The largest absolute Gasteiger partial charge is 0.422 e. The molecule has 0 unspecified atom stereocenters. The molecule has 0 saturated carbocycles. The molecule has 0 aliphatic rings. The maximum Gasteiger partial charge on any atom is 0.343 e. The zero-order valence-corrected chi connectivity index (χ0v) is 20.0. The Balaban J connectivity index is 1.69. The number of amides is 2. The van der Waals surface area contributed by atoms with Crippen molar-refractivity contribution in [2.75, 3.05) is 5.32 Å². The van der Waals surface area contributed by atoms with Crippen molar-refractivity contribution in [3.8, 4) is 5.75 Å². The van der Waals surface area contributed by atoms with Crippen molar-refractivity contribution < 1.29 is 19.1 Å². The number of nitrogens with zero attached hydrogens (tertiary/aromatic N) is 1. The molecule has 3 aromatic rings. The van der Waals surface area contributed by atoms with Crippen LogP contribution in [-0.4, -0.2) is 24.0 Å². The second-order valence-electron chi connectivity index (χ2n) is 6.95. The number of hydrazone groups is 1. The van der Waals surface area contributed by atoms with Crippen LogP contribution in [0, 0.1) is 13.8 Å². The Hall–Kier alpha value is -3.49. The minimum atomic E-state index is -0.973. The Labute approximate surface area is 203 Å². The fourth-order valence-corrected chi connectivity index (χ4v) is 3.36. The van der Waals surface area contributed by atoms with Gasteiger partial charge in [0.05, 0.1) is 11.8 Å². The molecule has 9 heteroatoms. The molecule has 0 radical (unpaired) electrons. The number of anilines is 1. The van der Waals surface area contributed by atoms with Crippen molar-refractivity contribution in [1.82, 2.24) is 5.43 Å². The normalized spacial score (nSPS) is 10.7. The molecule has 0 aliphatic heterocycles. The van der Waals surface area contributed by atoms with Crippen LogP contribution in [0.25, 0.3) is 0 Å². The third-order valence-electron chi connectivity index (χ3n) is 4.63. The second-order valence-corrected chi connectivity index (χ2v) is 8.28. The molecule has 2 N–H and O–H groups in total. The molecule has 0 spiro atoms. The number of aryl methyl sites for hydroxylation is 1. The quantitative estimate of drug-likeness (QED) is 0.160. The third kappa shape index (κ3) is 6.27. The first kappa shape index (κ1) is 24.2. The van der Waals surface area contributed by atoms with Crippen LogP contribution in [-0.2, 0) is 9.59 Å². The first-order chi connectivity index (χ1) is 15.8. The standard InChI is InChI=1S/C24H19BrClN3O4/c1-14-6-3-4-7-18(14)24(32)33-21-11-10-17(25)12-16(21)13-27-29-23(31)22(30)28-20-9-5-8-19(26)15(20)2/h3-13H,1-2H3,(H,28,30)(H,29,31)/b27-13-. The van der Waals surface area contributed by atoms with Crippen molar-refractivity contribution in [3.05, 3.63) is 92.4 Å². The van der Waals surface area contributed by atoms with Gasteiger partial charge in [-0.25, -0.2) is 10.2 Å². The molecule has 2 amide bonds. The van der Waals surface area contributed by atoms with Crippen LogP contribution < -0.4 is 15.5 Å². The van der Waals surface area contributed by atoms with Gasteiger partial charge in [0.25, 0.3) is 0 Å². The average molecular weight is 529 g/mol. The lowest BCUT2D eigenvalue weighted by Crippen LogP contribution is -2.32. The van der Waals surface area contributed by atoms with Crippen molar-refractivity contribution in [2.24, 2.45) is 5.10 Å². The zero-order chi connectivity index (χ0) is 24.0. The molecule has 0 aliphatic carbocycles. The van der Waals surface area contributed by atoms with Crippen LogP contribution >= 0.6 is 27.5 Å². The van der Waals surface area contributed by atoms with Crippen LogP contribution in [0.15, 0.2) is 70.2 Å². The molecule has 3 aromatic carbocycles. The van der Waals surface area contributed by atoms with E-state index in [1.165, 1.54) is 6.21 Å². The first-order valence-electron chi connectivity index (χ1n) is 9.73. The van der Waals surface area contributed by atoms with Gasteiger partial charge in [-0.3, -0.25) is 9.59 Å². The molecule has 3 rings (SSSR count). The van der Waals surface area contributed by atoms with E-state index in [-0.39, 0.29) is 5.75 Å². The Morgan fingerprint density at radius 3 is 2.52 bits per heavy atom. The van der Waals surface area contributed by atoms with E-state index >= 15 is 0 Å². The zero-order valence-electron chi connectivity index (χ0n) is 17.7. The van der Waals surface area contributed by atoms with Crippen molar-refractivity contribution in [1.29, 1.82) is 0 Å². The highest BCUT2D eigenvalue weighted by molar-refractivity contribution is 9.10. The Morgan fingerprint density at radius 2 is 1.76 bits per heavy atom. The fourth-order valence-electron chi connectivity index (χ4n) is 2.80. The highest BCUT2D eigenvalue weighted by atomic mass is 79.9. The van der Waals surface area contributed by atoms with Crippen LogP contribution in [0.2, 0.25) is 5.02 Å². The topological polar surface area (TPSA) is 96.9 Å². The van der Waals surface area contributed by atoms with Crippen LogP contribution in [0.3, 0.4) is 0 Å². The van der Waals surface area contributed by atoms with E-state index in [2.05, 4.69) is 31.8 Å². The molecule has 0 heterocycles. The molecule has 0 aromatic heterocycles. The van der Waals surface area contributed by atoms with Gasteiger partial charge in [0.1, 0.15) is 5.75 Å². The monoisotopic (exact) mass is 527 g/mol. The van der Waals surface area contributed by atoms with Gasteiger partial charge in [0, 0.05) is 20.7 Å². The molecular formula is C24H19BrClN3O4. The Kier molecular flexibility index (Phi) is 7.97. The third-order valence-corrected chi connectivity index (χ3v) is 5.53. The van der Waals surface area contributed by atoms with Gasteiger partial charge in [-0.2, -0.15) is 5.10 Å². The predicted octanol–water partition coefficient (Wildman–Crippen LogP) is 5.03. The Morgan fingerprint density at radius 1 is 1.00 bits per heavy atom. The van der Waals surface area contributed by atoms with Crippen LogP contribution in [0.5, 0.6) is 5.75 Å². The highest BCUT2D eigenvalue weighted by Gasteiger charge is 2.16. The molecule has 7 nitrogen and oxygen atoms in total. The number of carbonyl (C=O) groups excluding carboxylic acids is 3. The van der Waals surface area contributed by atoms with E-state index in [0.717, 1.165) is 5.56 Å². The van der Waals surface area contributed by atoms with E-state index in [4.69, 9.17) is 16.3 Å². The number of esters is 1. The van der Waals surface area contributed by atoms with Crippen LogP contribution in [0.4, 0.5) is 5.69 Å². The fraction of sp³-hybridized carbons (Fsp3) is 0.0833. The van der Waals surface area contributed by atoms with E-state index < -0.39 is 17.8 Å². The van der Waals surface area contributed by atoms with Crippen molar-refractivity contribution in [3.63, 3.8) is 0 Å². The molecule has 0 bridgehead atoms. The van der Waals surface area contributed by atoms with Crippen LogP contribution in [0.1, 0.15) is 27.0 Å². The summed E-state index contributed by atoms with van der Waals surface area (Å²) in [5.41, 5.74) is 4.84. The maximum atomic E-state index is 12.6. The summed E-state index contributed by atoms with van der Waals surface area (Å²) < 4.78 is 6.23. The van der Waals surface area contributed by atoms with Gasteiger partial charge in [-0.1, -0.05) is 51.8 Å². The number of halogens is 2. The summed E-state index contributed by atoms with van der Waals surface area (Å²) in [4.78, 5) is 36.8. The van der Waals surface area contributed by atoms with Gasteiger partial charge < -0.3 is 10.1 Å². The average Bonchev–Trinajstić information content (AvgIpc) is 2.78. The summed E-state index contributed by atoms with van der Waals surface area (Å²) in [6.45, 7) is 3.53. The number of nitrogens with one attached hydrogen (secondary N) is 2. The summed E-state index contributed by atoms with van der Waals surface area (Å²) in [7, 11) is 0. The van der Waals surface area contributed by atoms with Gasteiger partial charge in [-0.05, 0) is 61.4 Å². The lowest BCUT2D eigenvalue weighted by molar-refractivity contribution is -0.136. The SMILES string of the molecule is Cc1ccccc1C(=O)Oc1ccc(Br)cc1/C=N\NC(=O)C(=O)Nc1cccc(Cl)c1C. The number of carbonyl (C=O) groups is 3. The molecule has 33 heavy (non-hydrogen) atoms. The maximum absolute atomic E-state index is 12.6. The van der Waals surface area contributed by atoms with Crippen molar-refractivity contribution in [2.45, 2.75) is 13.8 Å². The lowest BCUT2D eigenvalue weighted by Gasteiger charge is -2.10. The number of hydrogen-bond donors (Lipinski definition) is 2. The van der Waals surface area contributed by atoms with Gasteiger partial charge >= 0.3 is 17.8 Å². The number of rotatable bonds is 5. The summed E-state index contributed by atoms with van der Waals surface area (Å²) in [6.07, 6.45) is 1.28. The molecule has 0 saturated heterocycles. The van der Waals surface area contributed by atoms with Gasteiger partial charge in [0.2, 0.25) is 0 Å². The first-order valence-corrected chi connectivity index (χ1v) is 10.9. The minimum absolute atomic E-state index is 0.239. The molecule has 0 fully saturated rings. The summed E-state index contributed by atoms with van der Waals surface area (Å²) in [5.74, 6) is -2.16. The number of benzene rings is 3. The molecule has 168 valence electrons. The smallest absolute Gasteiger partial charge is 0.343 e. The van der Waals surface area contributed by atoms with E-state index in [9.17, 15) is 14.4 Å². The second kappa shape index (κ2) is 10.9. The minimum Gasteiger partial charge on any atom is -0.422 e. The summed E-state index contributed by atoms with van der Waals surface area (Å²) in [5, 5.41) is 6.77. The number of ether oxygens (including phenoxy) is 1. The van der Waals surface area contributed by atoms with Crippen molar-refractivity contribution >= 4 is 57.2 Å². The summed E-state index contributed by atoms with van der Waals surface area (Å²) in [6, 6.07) is 17.0. The lowest BCUT2D eigenvalue weighted by atomic mass is 10.1. The Bertz CT molecular complexity index is 1260. The van der Waals surface area contributed by atoms with E-state index in [1.807, 2.05) is 19.1 Å². The highest BCUT2D eigenvalue weighted by Crippen LogP contribution is 2.24. The number of hydrogen-bond acceptors (Lipinski definition) is 5.